The van der Waals surface area contributed by atoms with Crippen molar-refractivity contribution in [3.63, 3.8) is 0 Å². The molecule has 0 heterocycles. The summed E-state index contributed by atoms with van der Waals surface area (Å²) in [5.74, 6) is 0. The van der Waals surface area contributed by atoms with Crippen molar-refractivity contribution in [2.45, 2.75) is 0 Å². The number of carbonyl (C=O) groups excluding carboxylic acids is 1. The average molecular weight is 78.0 g/mol. The highest BCUT2D eigenvalue weighted by Crippen LogP contribution is 1.70. The van der Waals surface area contributed by atoms with Crippen LogP contribution in [0, 0.1) is 0 Å². The molecular formula is CH3O2P. The van der Waals surface area contributed by atoms with Crippen LogP contribution in [-0.2, 0) is 9.32 Å². The summed E-state index contributed by atoms with van der Waals surface area (Å²) in [5.41, 5.74) is 0. The van der Waals surface area contributed by atoms with Gasteiger partial charge in [0.2, 0.25) is 0 Å². The van der Waals surface area contributed by atoms with Crippen molar-refractivity contribution in [3.8, 4) is 0 Å². The first-order valence-corrected chi connectivity index (χ1v) is 1.18. The zero-order chi connectivity index (χ0) is 3.41. The van der Waals surface area contributed by atoms with Crippen LogP contribution in [-0.4, -0.2) is 6.47 Å². The molecule has 0 radical (unpaired) electrons. The van der Waals surface area contributed by atoms with E-state index in [2.05, 4.69) is 4.52 Å². The second-order valence-electron chi connectivity index (χ2n) is 0.232. The Bertz CT molecular complexity index is 20.0. The number of carbonyl (C=O) groups is 1. The van der Waals surface area contributed by atoms with Crippen molar-refractivity contribution in [1.29, 1.82) is 0 Å². The molecule has 0 aromatic carbocycles. The fourth-order valence-corrected chi connectivity index (χ4v) is 0. The van der Waals surface area contributed by atoms with Gasteiger partial charge in [0, 0.05) is 0 Å². The van der Waals surface area contributed by atoms with Crippen molar-refractivity contribution >= 4 is 15.9 Å². The normalized spacial score (nSPS) is 5.25. The van der Waals surface area contributed by atoms with E-state index in [1.54, 1.807) is 9.47 Å². The van der Waals surface area contributed by atoms with Gasteiger partial charge in [-0.2, -0.15) is 0 Å². The molecule has 0 aromatic heterocycles. The number of rotatable bonds is 1. The fraction of sp³-hybridized carbons (Fsp3) is 0. The van der Waals surface area contributed by atoms with E-state index in [1.165, 1.54) is 0 Å². The van der Waals surface area contributed by atoms with Gasteiger partial charge in [0.15, 0.2) is 0 Å². The summed E-state index contributed by atoms with van der Waals surface area (Å²) in [4.78, 5) is 8.93. The summed E-state index contributed by atoms with van der Waals surface area (Å²) >= 11 is 0. The molecular weight excluding hydrogens is 75.0 g/mol. The third kappa shape index (κ3) is 1.90. The second-order valence-corrected chi connectivity index (χ2v) is 0.504. The number of hydrogen-bond acceptors (Lipinski definition) is 2. The van der Waals surface area contributed by atoms with Crippen molar-refractivity contribution in [2.75, 3.05) is 0 Å². The molecule has 0 bridgehead atoms. The molecule has 0 fully saturated rings. The summed E-state index contributed by atoms with van der Waals surface area (Å²) in [6.07, 6.45) is 0. The summed E-state index contributed by atoms with van der Waals surface area (Å²) in [6.45, 7) is 0.338. The van der Waals surface area contributed by atoms with Crippen LogP contribution in [0.5, 0.6) is 0 Å². The van der Waals surface area contributed by atoms with Crippen LogP contribution in [0.3, 0.4) is 0 Å². The zero-order valence-corrected chi connectivity index (χ0v) is 3.13. The molecule has 0 aliphatic rings. The maximum atomic E-state index is 8.93. The minimum Gasteiger partial charge on any atom is -0.454 e. The molecule has 1 atom stereocenters. The Kier molecular flexibility index (Phi) is 2.83. The Hall–Kier alpha value is -0.100. The smallest absolute Gasteiger partial charge is 0.295 e. The molecule has 0 aromatic rings. The number of hydrogen-bond donors (Lipinski definition) is 0. The zero-order valence-electron chi connectivity index (χ0n) is 1.97. The SMILES string of the molecule is O=COP. The first-order valence-electron chi connectivity index (χ1n) is 0.707. The van der Waals surface area contributed by atoms with E-state index < -0.39 is 0 Å². The molecule has 0 spiro atoms. The quantitative estimate of drug-likeness (QED) is 0.324. The van der Waals surface area contributed by atoms with E-state index in [0.29, 0.717) is 6.47 Å². The van der Waals surface area contributed by atoms with Crippen LogP contribution >= 0.6 is 9.47 Å². The van der Waals surface area contributed by atoms with E-state index in [1.807, 2.05) is 0 Å². The van der Waals surface area contributed by atoms with Gasteiger partial charge in [-0.05, 0) is 0 Å². The maximum Gasteiger partial charge on any atom is 0.295 e. The molecule has 3 heteroatoms. The Morgan fingerprint density at radius 3 is 2.25 bits per heavy atom. The minimum atomic E-state index is 0.338. The van der Waals surface area contributed by atoms with E-state index in [4.69, 9.17) is 4.79 Å². The van der Waals surface area contributed by atoms with E-state index in [0.717, 1.165) is 0 Å². The van der Waals surface area contributed by atoms with Gasteiger partial charge >= 0.3 is 0 Å². The maximum absolute atomic E-state index is 8.93. The Morgan fingerprint density at radius 2 is 2.25 bits per heavy atom. The van der Waals surface area contributed by atoms with E-state index >= 15 is 0 Å². The summed E-state index contributed by atoms with van der Waals surface area (Å²) in [7, 11) is 1.79. The van der Waals surface area contributed by atoms with Crippen LogP contribution in [0.2, 0.25) is 0 Å². The fourth-order valence-electron chi connectivity index (χ4n) is 0. The highest BCUT2D eigenvalue weighted by Gasteiger charge is 1.44. The predicted octanol–water partition coefficient (Wildman–Crippen LogP) is -0.0505. The van der Waals surface area contributed by atoms with E-state index in [-0.39, 0.29) is 0 Å². The molecule has 0 amide bonds. The first-order chi connectivity index (χ1) is 1.91. The van der Waals surface area contributed by atoms with E-state index in [9.17, 15) is 0 Å². The van der Waals surface area contributed by atoms with Crippen LogP contribution < -0.4 is 0 Å². The largest absolute Gasteiger partial charge is 0.454 e. The lowest BCUT2D eigenvalue weighted by molar-refractivity contribution is -0.119. The van der Waals surface area contributed by atoms with Crippen LogP contribution in [0.15, 0.2) is 0 Å². The molecule has 0 saturated carbocycles. The lowest BCUT2D eigenvalue weighted by atomic mass is 11.7. The lowest BCUT2D eigenvalue weighted by Gasteiger charge is -1.66. The topological polar surface area (TPSA) is 26.3 Å². The molecule has 0 N–H and O–H groups in total. The summed E-state index contributed by atoms with van der Waals surface area (Å²) in [5, 5.41) is 0. The highest BCUT2D eigenvalue weighted by atomic mass is 31.0. The summed E-state index contributed by atoms with van der Waals surface area (Å²) in [6, 6.07) is 0. The molecule has 4 heavy (non-hydrogen) atoms. The van der Waals surface area contributed by atoms with Crippen molar-refractivity contribution in [3.05, 3.63) is 0 Å². The molecule has 2 nitrogen and oxygen atoms in total. The Balaban J connectivity index is 2.30. The van der Waals surface area contributed by atoms with Crippen LogP contribution in [0.4, 0.5) is 0 Å². The van der Waals surface area contributed by atoms with Gasteiger partial charge < -0.3 is 4.52 Å². The molecule has 1 unspecified atom stereocenters. The van der Waals surface area contributed by atoms with Crippen LogP contribution in [0.1, 0.15) is 0 Å². The van der Waals surface area contributed by atoms with Gasteiger partial charge in [0.25, 0.3) is 6.47 Å². The van der Waals surface area contributed by atoms with Crippen molar-refractivity contribution in [1.82, 2.24) is 0 Å². The van der Waals surface area contributed by atoms with Gasteiger partial charge in [0.05, 0.1) is 9.47 Å². The van der Waals surface area contributed by atoms with Crippen LogP contribution in [0.25, 0.3) is 0 Å². The minimum absolute atomic E-state index is 0.338. The Labute approximate surface area is 26.4 Å². The van der Waals surface area contributed by atoms with Gasteiger partial charge in [0.1, 0.15) is 0 Å². The third-order valence-electron chi connectivity index (χ3n) is 0.0556. The third-order valence-corrected chi connectivity index (χ3v) is 0.167. The van der Waals surface area contributed by atoms with Gasteiger partial charge in [-0.3, -0.25) is 4.79 Å². The predicted molar refractivity (Wildman–Crippen MR) is 16.9 cm³/mol. The molecule has 24 valence electrons. The molecule has 0 aliphatic carbocycles. The monoisotopic (exact) mass is 78.0 g/mol. The van der Waals surface area contributed by atoms with Crippen molar-refractivity contribution in [2.24, 2.45) is 0 Å². The summed E-state index contributed by atoms with van der Waals surface area (Å²) < 4.78 is 3.78. The van der Waals surface area contributed by atoms with Crippen molar-refractivity contribution < 1.29 is 9.32 Å². The second kappa shape index (κ2) is 2.90. The molecule has 0 saturated heterocycles. The standard InChI is InChI=1S/CH3O2P/c2-1-3-4/h1H,4H2. The van der Waals surface area contributed by atoms with Gasteiger partial charge in [-0.15, -0.1) is 0 Å². The molecule has 0 rings (SSSR count). The first kappa shape index (κ1) is 3.90. The lowest BCUT2D eigenvalue weighted by Crippen LogP contribution is -1.56. The highest BCUT2D eigenvalue weighted by molar-refractivity contribution is 7.10. The molecule has 0 aliphatic heterocycles. The Morgan fingerprint density at radius 1 is 2.00 bits per heavy atom. The average Bonchev–Trinajstić information content (AvgIpc) is 1.37. The van der Waals surface area contributed by atoms with Gasteiger partial charge in [-0.25, -0.2) is 0 Å². The van der Waals surface area contributed by atoms with Gasteiger partial charge in [-0.1, -0.05) is 0 Å².